The van der Waals surface area contributed by atoms with E-state index in [0.29, 0.717) is 23.7 Å². The number of nitrogens with zero attached hydrogens (tertiary/aromatic N) is 1. The molecule has 0 aliphatic heterocycles. The third-order valence-corrected chi connectivity index (χ3v) is 4.23. The molecule has 0 bridgehead atoms. The first-order valence-electron chi connectivity index (χ1n) is 8.72. The Balaban J connectivity index is 2.13. The zero-order chi connectivity index (χ0) is 20.7. The van der Waals surface area contributed by atoms with Crippen molar-refractivity contribution in [3.63, 3.8) is 0 Å². The summed E-state index contributed by atoms with van der Waals surface area (Å²) in [6, 6.07) is 10.7. The lowest BCUT2D eigenvalue weighted by Gasteiger charge is -2.14. The van der Waals surface area contributed by atoms with Crippen LogP contribution in [-0.4, -0.2) is 31.4 Å². The van der Waals surface area contributed by atoms with Gasteiger partial charge in [0.05, 0.1) is 7.11 Å². The van der Waals surface area contributed by atoms with E-state index in [9.17, 15) is 4.79 Å². The molecule has 0 radical (unpaired) electrons. The van der Waals surface area contributed by atoms with Crippen LogP contribution in [0.5, 0.6) is 17.2 Å². The molecule has 0 unspecified atom stereocenters. The Labute approximate surface area is 164 Å². The van der Waals surface area contributed by atoms with Gasteiger partial charge in [-0.15, -0.1) is 0 Å². The monoisotopic (exact) mass is 381 g/mol. The van der Waals surface area contributed by atoms with E-state index in [1.807, 2.05) is 26.8 Å². The van der Waals surface area contributed by atoms with Crippen LogP contribution in [0.15, 0.2) is 35.9 Å². The Kier molecular flexibility index (Phi) is 7.05. The van der Waals surface area contributed by atoms with Gasteiger partial charge in [0.15, 0.2) is 0 Å². The van der Waals surface area contributed by atoms with E-state index in [0.717, 1.165) is 22.4 Å². The van der Waals surface area contributed by atoms with Crippen molar-refractivity contribution >= 4 is 12.0 Å². The van der Waals surface area contributed by atoms with E-state index < -0.39 is 5.97 Å². The fraction of sp³-hybridized carbons (Fsp3) is 0.273. The minimum Gasteiger partial charge on any atom is -0.497 e. The number of aliphatic carboxylic acids is 1. The summed E-state index contributed by atoms with van der Waals surface area (Å²) in [4.78, 5) is 11.1. The minimum absolute atomic E-state index is 0.245. The summed E-state index contributed by atoms with van der Waals surface area (Å²) in [6.45, 7) is 6.62. The fourth-order valence-electron chi connectivity index (χ4n) is 2.64. The Hall–Kier alpha value is -3.46. The molecule has 0 saturated heterocycles. The quantitative estimate of drug-likeness (QED) is 0.421. The first kappa shape index (κ1) is 20.8. The zero-order valence-corrected chi connectivity index (χ0v) is 16.4. The number of hydrogen-bond donors (Lipinski definition) is 1. The molecule has 146 valence electrons. The van der Waals surface area contributed by atoms with Crippen LogP contribution in [0.3, 0.4) is 0 Å². The van der Waals surface area contributed by atoms with E-state index in [1.165, 1.54) is 13.2 Å². The highest BCUT2D eigenvalue weighted by atomic mass is 16.5. The summed E-state index contributed by atoms with van der Waals surface area (Å²) in [7, 11) is 1.53. The fourth-order valence-corrected chi connectivity index (χ4v) is 2.64. The number of hydrogen-bond acceptors (Lipinski definition) is 5. The Morgan fingerprint density at radius 2 is 1.79 bits per heavy atom. The normalized spacial score (nSPS) is 10.9. The SMILES string of the molecule is COc1ccc(C=C(C#N)C(=O)O)c(OCCOc2cc(C)cc(C)c2C)c1. The highest BCUT2D eigenvalue weighted by Crippen LogP contribution is 2.27. The van der Waals surface area contributed by atoms with Crippen LogP contribution in [0.1, 0.15) is 22.3 Å². The average molecular weight is 381 g/mol. The minimum atomic E-state index is -1.29. The predicted octanol–water partition coefficient (Wildman–Crippen LogP) is 4.07. The van der Waals surface area contributed by atoms with Gasteiger partial charge in [-0.2, -0.15) is 5.26 Å². The van der Waals surface area contributed by atoms with Crippen LogP contribution in [0.25, 0.3) is 6.08 Å². The molecule has 0 aromatic heterocycles. The number of ether oxygens (including phenoxy) is 3. The maximum absolute atomic E-state index is 11.1. The molecule has 0 amide bonds. The molecule has 1 N–H and O–H groups in total. The Morgan fingerprint density at radius 1 is 1.11 bits per heavy atom. The number of benzene rings is 2. The molecule has 2 aromatic rings. The van der Waals surface area contributed by atoms with Crippen LogP contribution < -0.4 is 14.2 Å². The second-order valence-corrected chi connectivity index (χ2v) is 6.28. The molecule has 6 heteroatoms. The lowest BCUT2D eigenvalue weighted by Crippen LogP contribution is -2.11. The van der Waals surface area contributed by atoms with Crippen molar-refractivity contribution in [3.8, 4) is 23.3 Å². The summed E-state index contributed by atoms with van der Waals surface area (Å²) in [6.07, 6.45) is 1.27. The van der Waals surface area contributed by atoms with Crippen LogP contribution in [0.2, 0.25) is 0 Å². The molecule has 0 atom stereocenters. The molecule has 0 saturated carbocycles. The molecule has 0 aliphatic rings. The first-order valence-corrected chi connectivity index (χ1v) is 8.72. The zero-order valence-electron chi connectivity index (χ0n) is 16.4. The van der Waals surface area contributed by atoms with Gasteiger partial charge < -0.3 is 19.3 Å². The van der Waals surface area contributed by atoms with Crippen LogP contribution in [-0.2, 0) is 4.79 Å². The van der Waals surface area contributed by atoms with E-state index in [4.69, 9.17) is 24.6 Å². The third-order valence-electron chi connectivity index (χ3n) is 4.23. The largest absolute Gasteiger partial charge is 0.497 e. The van der Waals surface area contributed by atoms with Crippen molar-refractivity contribution in [2.45, 2.75) is 20.8 Å². The van der Waals surface area contributed by atoms with Crippen LogP contribution >= 0.6 is 0 Å². The summed E-state index contributed by atoms with van der Waals surface area (Å²) in [5.41, 5.74) is 3.46. The Bertz CT molecular complexity index is 941. The van der Waals surface area contributed by atoms with Crippen molar-refractivity contribution in [3.05, 3.63) is 58.2 Å². The average Bonchev–Trinajstić information content (AvgIpc) is 2.67. The van der Waals surface area contributed by atoms with Crippen molar-refractivity contribution in [1.82, 2.24) is 0 Å². The summed E-state index contributed by atoms with van der Waals surface area (Å²) >= 11 is 0. The maximum atomic E-state index is 11.1. The second kappa shape index (κ2) is 9.47. The van der Waals surface area contributed by atoms with Crippen molar-refractivity contribution in [2.75, 3.05) is 20.3 Å². The first-order chi connectivity index (χ1) is 13.3. The number of carbonyl (C=O) groups is 1. The number of methoxy groups -OCH3 is 1. The van der Waals surface area contributed by atoms with Gasteiger partial charge in [0.25, 0.3) is 0 Å². The molecule has 28 heavy (non-hydrogen) atoms. The lowest BCUT2D eigenvalue weighted by molar-refractivity contribution is -0.132. The number of rotatable bonds is 8. The van der Waals surface area contributed by atoms with Crippen molar-refractivity contribution in [2.24, 2.45) is 0 Å². The smallest absolute Gasteiger partial charge is 0.346 e. The van der Waals surface area contributed by atoms with Crippen molar-refractivity contribution in [1.29, 1.82) is 5.26 Å². The molecule has 0 fully saturated rings. The highest BCUT2D eigenvalue weighted by molar-refractivity contribution is 5.96. The van der Waals surface area contributed by atoms with Gasteiger partial charge in [-0.3, -0.25) is 0 Å². The Morgan fingerprint density at radius 3 is 2.39 bits per heavy atom. The molecule has 0 heterocycles. The van der Waals surface area contributed by atoms with E-state index in [1.54, 1.807) is 24.3 Å². The number of carboxylic acids is 1. The molecular formula is C22H23NO5. The van der Waals surface area contributed by atoms with Gasteiger partial charge in [-0.1, -0.05) is 6.07 Å². The van der Waals surface area contributed by atoms with E-state index in [-0.39, 0.29) is 12.2 Å². The van der Waals surface area contributed by atoms with E-state index >= 15 is 0 Å². The molecule has 0 aliphatic carbocycles. The lowest BCUT2D eigenvalue weighted by atomic mass is 10.1. The van der Waals surface area contributed by atoms with Crippen LogP contribution in [0.4, 0.5) is 0 Å². The molecule has 2 aromatic carbocycles. The third kappa shape index (κ3) is 5.27. The maximum Gasteiger partial charge on any atom is 0.346 e. The van der Waals surface area contributed by atoms with Gasteiger partial charge >= 0.3 is 5.97 Å². The molecule has 6 nitrogen and oxygen atoms in total. The van der Waals surface area contributed by atoms with Gasteiger partial charge in [0.1, 0.15) is 42.1 Å². The van der Waals surface area contributed by atoms with Crippen molar-refractivity contribution < 1.29 is 24.1 Å². The molecule has 2 rings (SSSR count). The summed E-state index contributed by atoms with van der Waals surface area (Å²) < 4.78 is 16.8. The molecular weight excluding hydrogens is 358 g/mol. The predicted molar refractivity (Wildman–Crippen MR) is 106 cm³/mol. The molecule has 0 spiro atoms. The van der Waals surface area contributed by atoms with Gasteiger partial charge in [-0.25, -0.2) is 4.79 Å². The topological polar surface area (TPSA) is 88.8 Å². The van der Waals surface area contributed by atoms with Gasteiger partial charge in [-0.05, 0) is 61.7 Å². The summed E-state index contributed by atoms with van der Waals surface area (Å²) in [5, 5.41) is 18.0. The van der Waals surface area contributed by atoms with Gasteiger partial charge in [0, 0.05) is 11.6 Å². The van der Waals surface area contributed by atoms with Crippen LogP contribution in [0, 0.1) is 32.1 Å². The standard InChI is InChI=1S/C22H23NO5/c1-14-9-15(2)16(3)20(10-14)27-7-8-28-21-12-19(26-4)6-5-17(21)11-18(13-23)22(24)25/h5-6,9-12H,7-8H2,1-4H3,(H,24,25). The summed E-state index contributed by atoms with van der Waals surface area (Å²) in [5.74, 6) is 0.489. The second-order valence-electron chi connectivity index (χ2n) is 6.28. The highest BCUT2D eigenvalue weighted by Gasteiger charge is 2.11. The number of nitriles is 1. The van der Waals surface area contributed by atoms with Gasteiger partial charge in [0.2, 0.25) is 0 Å². The van der Waals surface area contributed by atoms with E-state index in [2.05, 4.69) is 6.07 Å². The number of carboxylic acid groups (broad SMARTS) is 1. The number of aryl methyl sites for hydroxylation is 2.